The molecule has 3 nitrogen and oxygen atoms in total. The average molecular weight is 219 g/mol. The number of cyclic esters (lactones) is 1. The number of carbonyl (C=O) groups excluding carboxylic acids is 1. The number of anilines is 1. The molecular formula is C13H17NO2. The maximum atomic E-state index is 11.7. The minimum atomic E-state index is -0.215. The van der Waals surface area contributed by atoms with Crippen molar-refractivity contribution in [1.29, 1.82) is 0 Å². The van der Waals surface area contributed by atoms with Gasteiger partial charge in [0.2, 0.25) is 0 Å². The number of nitrogens with zero attached hydrogens (tertiary/aromatic N) is 1. The van der Waals surface area contributed by atoms with Gasteiger partial charge in [0.1, 0.15) is 6.10 Å². The molecular weight excluding hydrogens is 202 g/mol. The summed E-state index contributed by atoms with van der Waals surface area (Å²) in [5.41, 5.74) is 0.923. The van der Waals surface area contributed by atoms with Crippen LogP contribution in [-0.4, -0.2) is 18.7 Å². The number of carbonyl (C=O) groups is 1. The lowest BCUT2D eigenvalue weighted by atomic mass is 10.1. The number of rotatable bonds is 4. The summed E-state index contributed by atoms with van der Waals surface area (Å²) in [6.07, 6.45) is 3.06. The molecule has 0 radical (unpaired) electrons. The highest BCUT2D eigenvalue weighted by Crippen LogP contribution is 2.23. The van der Waals surface area contributed by atoms with Crippen LogP contribution in [0.4, 0.5) is 10.5 Å². The Morgan fingerprint density at radius 3 is 2.81 bits per heavy atom. The molecule has 1 aromatic carbocycles. The summed E-state index contributed by atoms with van der Waals surface area (Å²) in [4.78, 5) is 13.4. The van der Waals surface area contributed by atoms with Crippen molar-refractivity contribution in [1.82, 2.24) is 0 Å². The topological polar surface area (TPSA) is 29.5 Å². The third kappa shape index (κ3) is 2.35. The van der Waals surface area contributed by atoms with Crippen molar-refractivity contribution in [2.75, 3.05) is 11.4 Å². The van der Waals surface area contributed by atoms with Crippen LogP contribution in [0, 0.1) is 0 Å². The van der Waals surface area contributed by atoms with Crippen LogP contribution in [0.5, 0.6) is 0 Å². The molecule has 1 aromatic rings. The van der Waals surface area contributed by atoms with E-state index in [9.17, 15) is 4.79 Å². The van der Waals surface area contributed by atoms with Crippen LogP contribution in [0.1, 0.15) is 26.2 Å². The molecule has 0 bridgehead atoms. The summed E-state index contributed by atoms with van der Waals surface area (Å²) in [6.45, 7) is 2.83. The number of benzene rings is 1. The van der Waals surface area contributed by atoms with Crippen molar-refractivity contribution in [3.05, 3.63) is 30.3 Å². The molecule has 3 heteroatoms. The Bertz CT molecular complexity index is 350. The van der Waals surface area contributed by atoms with Gasteiger partial charge in [0.05, 0.1) is 6.54 Å². The SMILES string of the molecule is CCCC[C@@H]1CN(c2ccccc2)C(=O)O1. The summed E-state index contributed by atoms with van der Waals surface area (Å²) < 4.78 is 5.32. The highest BCUT2D eigenvalue weighted by atomic mass is 16.6. The molecule has 86 valence electrons. The third-order valence-corrected chi connectivity index (χ3v) is 2.82. The first kappa shape index (κ1) is 11.0. The first-order valence-corrected chi connectivity index (χ1v) is 5.84. The Hall–Kier alpha value is -1.51. The van der Waals surface area contributed by atoms with Crippen molar-refractivity contribution < 1.29 is 9.53 Å². The molecule has 0 aromatic heterocycles. The second-order valence-electron chi connectivity index (χ2n) is 4.09. The number of hydrogen-bond acceptors (Lipinski definition) is 2. The van der Waals surface area contributed by atoms with Gasteiger partial charge in [0.25, 0.3) is 0 Å². The second-order valence-corrected chi connectivity index (χ2v) is 4.09. The lowest BCUT2D eigenvalue weighted by molar-refractivity contribution is 0.135. The number of unbranched alkanes of at least 4 members (excludes halogenated alkanes) is 1. The van der Waals surface area contributed by atoms with E-state index in [1.165, 1.54) is 0 Å². The smallest absolute Gasteiger partial charge is 0.414 e. The standard InChI is InChI=1S/C13H17NO2/c1-2-3-9-12-10-14(13(15)16-12)11-7-5-4-6-8-11/h4-8,12H,2-3,9-10H2,1H3/t12-/m1/s1. The Labute approximate surface area is 96.0 Å². The van der Waals surface area contributed by atoms with Crippen LogP contribution < -0.4 is 4.90 Å². The summed E-state index contributed by atoms with van der Waals surface area (Å²) in [6, 6.07) is 9.68. The van der Waals surface area contributed by atoms with E-state index in [1.807, 2.05) is 30.3 Å². The predicted octanol–water partition coefficient (Wildman–Crippen LogP) is 3.20. The van der Waals surface area contributed by atoms with Crippen molar-refractivity contribution >= 4 is 11.8 Å². The zero-order valence-corrected chi connectivity index (χ0v) is 9.56. The predicted molar refractivity (Wildman–Crippen MR) is 63.6 cm³/mol. The fraction of sp³-hybridized carbons (Fsp3) is 0.462. The van der Waals surface area contributed by atoms with Gasteiger partial charge in [0.15, 0.2) is 0 Å². The van der Waals surface area contributed by atoms with Crippen molar-refractivity contribution in [3.8, 4) is 0 Å². The minimum absolute atomic E-state index is 0.0626. The summed E-state index contributed by atoms with van der Waals surface area (Å²) in [5, 5.41) is 0. The maximum absolute atomic E-state index is 11.7. The highest BCUT2D eigenvalue weighted by Gasteiger charge is 2.31. The van der Waals surface area contributed by atoms with Gasteiger partial charge in [-0.3, -0.25) is 4.90 Å². The van der Waals surface area contributed by atoms with E-state index >= 15 is 0 Å². The van der Waals surface area contributed by atoms with Gasteiger partial charge < -0.3 is 4.74 Å². The Kier molecular flexibility index (Phi) is 3.44. The van der Waals surface area contributed by atoms with Gasteiger partial charge in [-0.15, -0.1) is 0 Å². The van der Waals surface area contributed by atoms with E-state index in [0.717, 1.165) is 24.9 Å². The van der Waals surface area contributed by atoms with E-state index in [-0.39, 0.29) is 12.2 Å². The summed E-state index contributed by atoms with van der Waals surface area (Å²) in [5.74, 6) is 0. The Morgan fingerprint density at radius 1 is 1.38 bits per heavy atom. The third-order valence-electron chi connectivity index (χ3n) is 2.82. The molecule has 1 atom stereocenters. The van der Waals surface area contributed by atoms with Crippen molar-refractivity contribution in [2.24, 2.45) is 0 Å². The van der Waals surface area contributed by atoms with E-state index < -0.39 is 0 Å². The Morgan fingerprint density at radius 2 is 2.12 bits per heavy atom. The minimum Gasteiger partial charge on any atom is -0.444 e. The zero-order valence-electron chi connectivity index (χ0n) is 9.56. The average Bonchev–Trinajstić information content (AvgIpc) is 2.69. The number of hydrogen-bond donors (Lipinski definition) is 0. The van der Waals surface area contributed by atoms with Gasteiger partial charge in [-0.25, -0.2) is 4.79 Å². The lowest BCUT2D eigenvalue weighted by Gasteiger charge is -2.12. The molecule has 1 aliphatic heterocycles. The lowest BCUT2D eigenvalue weighted by Crippen LogP contribution is -2.24. The molecule has 0 unspecified atom stereocenters. The van der Waals surface area contributed by atoms with Crippen LogP contribution in [-0.2, 0) is 4.74 Å². The summed E-state index contributed by atoms with van der Waals surface area (Å²) in [7, 11) is 0. The molecule has 1 aliphatic rings. The maximum Gasteiger partial charge on any atom is 0.414 e. The molecule has 1 fully saturated rings. The first-order valence-electron chi connectivity index (χ1n) is 5.84. The molecule has 0 N–H and O–H groups in total. The van der Waals surface area contributed by atoms with E-state index in [0.29, 0.717) is 6.54 Å². The van der Waals surface area contributed by atoms with E-state index in [4.69, 9.17) is 4.74 Å². The van der Waals surface area contributed by atoms with Crippen LogP contribution in [0.2, 0.25) is 0 Å². The molecule has 0 aliphatic carbocycles. The highest BCUT2D eigenvalue weighted by molar-refractivity contribution is 5.89. The van der Waals surface area contributed by atoms with E-state index in [2.05, 4.69) is 6.92 Å². The van der Waals surface area contributed by atoms with Crippen LogP contribution >= 0.6 is 0 Å². The normalized spacial score (nSPS) is 19.9. The molecule has 1 amide bonds. The fourth-order valence-corrected chi connectivity index (χ4v) is 1.92. The van der Waals surface area contributed by atoms with Gasteiger partial charge in [-0.2, -0.15) is 0 Å². The zero-order chi connectivity index (χ0) is 11.4. The molecule has 0 spiro atoms. The Balaban J connectivity index is 2.00. The second kappa shape index (κ2) is 5.01. The van der Waals surface area contributed by atoms with Gasteiger partial charge in [-0.1, -0.05) is 31.5 Å². The van der Waals surface area contributed by atoms with Crippen molar-refractivity contribution in [2.45, 2.75) is 32.3 Å². The molecule has 2 rings (SSSR count). The number of para-hydroxylation sites is 1. The molecule has 1 heterocycles. The molecule has 16 heavy (non-hydrogen) atoms. The van der Waals surface area contributed by atoms with Gasteiger partial charge in [0, 0.05) is 5.69 Å². The molecule has 1 saturated heterocycles. The van der Waals surface area contributed by atoms with Crippen LogP contribution in [0.25, 0.3) is 0 Å². The van der Waals surface area contributed by atoms with Gasteiger partial charge >= 0.3 is 6.09 Å². The van der Waals surface area contributed by atoms with Gasteiger partial charge in [-0.05, 0) is 25.0 Å². The summed E-state index contributed by atoms with van der Waals surface area (Å²) >= 11 is 0. The van der Waals surface area contributed by atoms with E-state index in [1.54, 1.807) is 4.90 Å². The largest absolute Gasteiger partial charge is 0.444 e. The quantitative estimate of drug-likeness (QED) is 0.778. The van der Waals surface area contributed by atoms with Crippen LogP contribution in [0.3, 0.4) is 0 Å². The number of amides is 1. The molecule has 0 saturated carbocycles. The van der Waals surface area contributed by atoms with Crippen molar-refractivity contribution in [3.63, 3.8) is 0 Å². The fourth-order valence-electron chi connectivity index (χ4n) is 1.92. The first-order chi connectivity index (χ1) is 7.81. The van der Waals surface area contributed by atoms with Crippen LogP contribution in [0.15, 0.2) is 30.3 Å². The number of ether oxygens (including phenoxy) is 1. The monoisotopic (exact) mass is 219 g/mol.